The highest BCUT2D eigenvalue weighted by Crippen LogP contribution is 2.68. The van der Waals surface area contributed by atoms with Crippen LogP contribution < -0.4 is 0 Å². The van der Waals surface area contributed by atoms with Crippen molar-refractivity contribution in [3.05, 3.63) is 35.9 Å². The van der Waals surface area contributed by atoms with Gasteiger partial charge in [0.15, 0.2) is 0 Å². The lowest BCUT2D eigenvalue weighted by molar-refractivity contribution is -0.162. The Morgan fingerprint density at radius 2 is 1.67 bits per heavy atom. The molecule has 1 aromatic rings. The molecule has 0 aliphatic heterocycles. The van der Waals surface area contributed by atoms with Crippen molar-refractivity contribution >= 4 is 18.2 Å². The Labute approximate surface area is 234 Å². The Bertz CT molecular complexity index is 1010. The van der Waals surface area contributed by atoms with Crippen LogP contribution in [0.4, 0.5) is 0 Å². The molecular formula is C34H48O5. The zero-order chi connectivity index (χ0) is 27.5. The highest BCUT2D eigenvalue weighted by molar-refractivity contribution is 5.72. The molecule has 0 saturated heterocycles. The van der Waals surface area contributed by atoms with Gasteiger partial charge in [-0.3, -0.25) is 9.59 Å². The van der Waals surface area contributed by atoms with Crippen LogP contribution in [0.1, 0.15) is 109 Å². The number of hydrogen-bond donors (Lipinski definition) is 0. The summed E-state index contributed by atoms with van der Waals surface area (Å²) in [6.07, 6.45) is 14.9. The molecule has 214 valence electrons. The lowest BCUT2D eigenvalue weighted by atomic mass is 9.44. The molecule has 0 bridgehead atoms. The second kappa shape index (κ2) is 12.1. The van der Waals surface area contributed by atoms with E-state index in [1.54, 1.807) is 0 Å². The Balaban J connectivity index is 1.12. The minimum Gasteiger partial charge on any atom is -0.462 e. The van der Waals surface area contributed by atoms with Gasteiger partial charge < -0.3 is 14.3 Å². The monoisotopic (exact) mass is 536 g/mol. The number of benzene rings is 1. The van der Waals surface area contributed by atoms with E-state index in [-0.39, 0.29) is 30.9 Å². The first kappa shape index (κ1) is 28.4. The minimum absolute atomic E-state index is 0.0304. The second-order valence-corrected chi connectivity index (χ2v) is 13.6. The number of aldehydes is 1. The number of carbonyl (C=O) groups excluding carboxylic acids is 3. The lowest BCUT2D eigenvalue weighted by Crippen LogP contribution is -2.54. The third kappa shape index (κ3) is 5.98. The Hall–Kier alpha value is -2.17. The van der Waals surface area contributed by atoms with E-state index in [0.29, 0.717) is 29.8 Å². The predicted molar refractivity (Wildman–Crippen MR) is 150 cm³/mol. The fourth-order valence-corrected chi connectivity index (χ4v) is 9.63. The minimum atomic E-state index is -0.209. The van der Waals surface area contributed by atoms with Crippen LogP contribution in [0.2, 0.25) is 0 Å². The number of fused-ring (bicyclic) bond motifs is 5. The molecule has 4 saturated carbocycles. The quantitative estimate of drug-likeness (QED) is 0.229. The van der Waals surface area contributed by atoms with Gasteiger partial charge in [-0.05, 0) is 117 Å². The van der Waals surface area contributed by atoms with Gasteiger partial charge >= 0.3 is 11.9 Å². The van der Waals surface area contributed by atoms with Gasteiger partial charge in [0.1, 0.15) is 19.0 Å². The molecule has 1 aromatic carbocycles. The van der Waals surface area contributed by atoms with E-state index in [1.165, 1.54) is 38.5 Å². The highest BCUT2D eigenvalue weighted by atomic mass is 16.5. The molecule has 8 atom stereocenters. The summed E-state index contributed by atoms with van der Waals surface area (Å²) in [7, 11) is 0. The molecule has 39 heavy (non-hydrogen) atoms. The molecule has 4 aliphatic carbocycles. The topological polar surface area (TPSA) is 69.7 Å². The van der Waals surface area contributed by atoms with E-state index in [2.05, 4.69) is 13.8 Å². The molecule has 0 spiro atoms. The first-order valence-corrected chi connectivity index (χ1v) is 15.7. The maximum Gasteiger partial charge on any atom is 0.306 e. The van der Waals surface area contributed by atoms with Gasteiger partial charge in [-0.1, -0.05) is 44.2 Å². The molecule has 0 N–H and O–H groups in total. The summed E-state index contributed by atoms with van der Waals surface area (Å²) >= 11 is 0. The van der Waals surface area contributed by atoms with Crippen LogP contribution in [0.25, 0.3) is 0 Å². The van der Waals surface area contributed by atoms with Gasteiger partial charge in [0.2, 0.25) is 0 Å². The van der Waals surface area contributed by atoms with Crippen molar-refractivity contribution in [1.29, 1.82) is 0 Å². The number of rotatable bonds is 10. The molecule has 0 amide bonds. The largest absolute Gasteiger partial charge is 0.462 e. The van der Waals surface area contributed by atoms with Crippen LogP contribution in [0.5, 0.6) is 0 Å². The molecule has 0 radical (unpaired) electrons. The molecule has 8 unspecified atom stereocenters. The van der Waals surface area contributed by atoms with Crippen molar-refractivity contribution in [2.24, 2.45) is 40.4 Å². The average Bonchev–Trinajstić information content (AvgIpc) is 3.27. The summed E-state index contributed by atoms with van der Waals surface area (Å²) in [4.78, 5) is 35.1. The molecule has 5 rings (SSSR count). The summed E-state index contributed by atoms with van der Waals surface area (Å²) in [6.45, 7) is 5.49. The third-order valence-corrected chi connectivity index (χ3v) is 11.8. The van der Waals surface area contributed by atoms with Crippen molar-refractivity contribution in [2.75, 3.05) is 0 Å². The number of hydrogen-bond acceptors (Lipinski definition) is 5. The SMILES string of the molecule is CC12CCC3C(CCC4CC(OC(=O)CCC=O)CCC43C)C1CCC2CCCC(=O)OCc1ccccc1. The number of esters is 2. The van der Waals surface area contributed by atoms with Crippen molar-refractivity contribution in [3.8, 4) is 0 Å². The molecule has 0 aromatic heterocycles. The van der Waals surface area contributed by atoms with Gasteiger partial charge in [-0.25, -0.2) is 0 Å². The first-order chi connectivity index (χ1) is 18.8. The zero-order valence-corrected chi connectivity index (χ0v) is 24.1. The lowest BCUT2D eigenvalue weighted by Gasteiger charge is -2.61. The average molecular weight is 537 g/mol. The fourth-order valence-electron chi connectivity index (χ4n) is 9.63. The van der Waals surface area contributed by atoms with Crippen LogP contribution in [-0.4, -0.2) is 24.3 Å². The van der Waals surface area contributed by atoms with E-state index in [4.69, 9.17) is 9.47 Å². The van der Waals surface area contributed by atoms with Crippen molar-refractivity contribution in [1.82, 2.24) is 0 Å². The Kier molecular flexibility index (Phi) is 8.83. The number of ether oxygens (including phenoxy) is 2. The van der Waals surface area contributed by atoms with Crippen molar-refractivity contribution < 1.29 is 23.9 Å². The number of carbonyl (C=O) groups is 3. The van der Waals surface area contributed by atoms with Crippen LogP contribution in [-0.2, 0) is 30.5 Å². The van der Waals surface area contributed by atoms with Gasteiger partial charge in [0.25, 0.3) is 0 Å². The second-order valence-electron chi connectivity index (χ2n) is 13.6. The van der Waals surface area contributed by atoms with Gasteiger partial charge in [-0.15, -0.1) is 0 Å². The van der Waals surface area contributed by atoms with Crippen molar-refractivity contribution in [3.63, 3.8) is 0 Å². The zero-order valence-electron chi connectivity index (χ0n) is 24.1. The molecule has 5 heteroatoms. The van der Waals surface area contributed by atoms with E-state index < -0.39 is 0 Å². The van der Waals surface area contributed by atoms with E-state index in [9.17, 15) is 14.4 Å². The summed E-state index contributed by atoms with van der Waals surface area (Å²) in [5.74, 6) is 3.49. The van der Waals surface area contributed by atoms with Gasteiger partial charge in [-0.2, -0.15) is 0 Å². The van der Waals surface area contributed by atoms with Gasteiger partial charge in [0.05, 0.1) is 6.42 Å². The standard InChI is InChI=1S/C34H48O5/c1-33-20-18-30-28(15-13-26-22-27(17-19-34(26,30)2)39-32(37)12-7-21-35)29(33)16-14-25(33)10-6-11-31(36)38-23-24-8-4-3-5-9-24/h3-5,8-9,21,25-30H,6-7,10-20,22-23H2,1-2H3. The summed E-state index contributed by atoms with van der Waals surface area (Å²) in [6, 6.07) is 9.92. The van der Waals surface area contributed by atoms with E-state index in [1.807, 2.05) is 30.3 Å². The van der Waals surface area contributed by atoms with Crippen LogP contribution >= 0.6 is 0 Å². The van der Waals surface area contributed by atoms with Gasteiger partial charge in [0, 0.05) is 12.8 Å². The van der Waals surface area contributed by atoms with E-state index >= 15 is 0 Å². The smallest absolute Gasteiger partial charge is 0.306 e. The molecule has 4 fully saturated rings. The Morgan fingerprint density at radius 1 is 0.897 bits per heavy atom. The highest BCUT2D eigenvalue weighted by Gasteiger charge is 2.60. The molecule has 5 nitrogen and oxygen atoms in total. The van der Waals surface area contributed by atoms with Crippen LogP contribution in [0, 0.1) is 40.4 Å². The van der Waals surface area contributed by atoms with Crippen LogP contribution in [0.3, 0.4) is 0 Å². The maximum atomic E-state index is 12.4. The predicted octanol–water partition coefficient (Wildman–Crippen LogP) is 7.45. The van der Waals surface area contributed by atoms with E-state index in [0.717, 1.165) is 67.6 Å². The fraction of sp³-hybridized carbons (Fsp3) is 0.735. The Morgan fingerprint density at radius 3 is 2.46 bits per heavy atom. The van der Waals surface area contributed by atoms with Crippen LogP contribution in [0.15, 0.2) is 30.3 Å². The molecular weight excluding hydrogens is 488 g/mol. The summed E-state index contributed by atoms with van der Waals surface area (Å²) < 4.78 is 11.3. The van der Waals surface area contributed by atoms with Crippen molar-refractivity contribution in [2.45, 2.75) is 116 Å². The summed E-state index contributed by atoms with van der Waals surface area (Å²) in [5.41, 5.74) is 1.81. The third-order valence-electron chi connectivity index (χ3n) is 11.8. The molecule has 4 aliphatic rings. The normalized spacial score (nSPS) is 37.2. The molecule has 0 heterocycles. The maximum absolute atomic E-state index is 12.4. The first-order valence-electron chi connectivity index (χ1n) is 15.7. The summed E-state index contributed by atoms with van der Waals surface area (Å²) in [5, 5.41) is 0.